The zero-order valence-corrected chi connectivity index (χ0v) is 18.8. The largest absolute Gasteiger partial charge is 0.417 e. The van der Waals surface area contributed by atoms with Crippen LogP contribution < -0.4 is 15.5 Å². The smallest absolute Gasteiger partial charge is 0.353 e. The minimum Gasteiger partial charge on any atom is -0.353 e. The van der Waals surface area contributed by atoms with Gasteiger partial charge in [-0.15, -0.1) is 0 Å². The molecule has 0 bridgehead atoms. The fourth-order valence-electron chi connectivity index (χ4n) is 3.97. The Morgan fingerprint density at radius 2 is 1.97 bits per heavy atom. The molecule has 0 unspecified atom stereocenters. The minimum atomic E-state index is -4.52. The number of hydrogen-bond acceptors (Lipinski definition) is 5. The lowest BCUT2D eigenvalue weighted by Gasteiger charge is -2.20. The van der Waals surface area contributed by atoms with Crippen molar-refractivity contribution >= 4 is 35.1 Å². The maximum absolute atomic E-state index is 12.9. The zero-order valence-electron chi connectivity index (χ0n) is 18.0. The third kappa shape index (κ3) is 4.90. The van der Waals surface area contributed by atoms with Crippen molar-refractivity contribution in [2.24, 2.45) is 11.3 Å². The molecular weight excluding hydrogens is 459 g/mol. The van der Waals surface area contributed by atoms with Crippen LogP contribution in [0.1, 0.15) is 42.6 Å². The molecule has 4 rings (SSSR count). The number of hydrogen-bond donors (Lipinski definition) is 2. The average Bonchev–Trinajstić information content (AvgIpc) is 3.44. The number of aromatic nitrogens is 2. The van der Waals surface area contributed by atoms with Gasteiger partial charge in [0, 0.05) is 42.4 Å². The second-order valence-corrected chi connectivity index (χ2v) is 9.28. The number of nitrogens with zero attached hydrogens (tertiary/aromatic N) is 3. The summed E-state index contributed by atoms with van der Waals surface area (Å²) in [4.78, 5) is 34.7. The summed E-state index contributed by atoms with van der Waals surface area (Å²) < 4.78 is 38.8. The van der Waals surface area contributed by atoms with Crippen molar-refractivity contribution in [3.05, 3.63) is 46.7 Å². The Morgan fingerprint density at radius 3 is 2.58 bits per heavy atom. The molecule has 1 saturated heterocycles. The van der Waals surface area contributed by atoms with Gasteiger partial charge in [-0.2, -0.15) is 13.2 Å². The predicted molar refractivity (Wildman–Crippen MR) is 117 cm³/mol. The van der Waals surface area contributed by atoms with Gasteiger partial charge in [0.05, 0.1) is 16.6 Å². The van der Waals surface area contributed by atoms with Crippen LogP contribution in [0.5, 0.6) is 0 Å². The molecule has 2 aromatic heterocycles. The molecule has 1 saturated carbocycles. The standard InChI is InChI=1S/C22H23ClF3N5O2/c1-12(2)19(32)30-17-7-13(3-6-27-17)20(33)29-16-10-31(11-21(16)4-5-21)18-15(23)8-14(9-28-18)22(24,25)26/h3,6-9,12,16H,4-5,10-11H2,1-2H3,(H,29,33)(H,27,30,32)/t16-/m0/s1. The highest BCUT2D eigenvalue weighted by Gasteiger charge is 2.56. The lowest BCUT2D eigenvalue weighted by molar-refractivity contribution is -0.137. The summed E-state index contributed by atoms with van der Waals surface area (Å²) in [5.41, 5.74) is -0.714. The van der Waals surface area contributed by atoms with E-state index >= 15 is 0 Å². The van der Waals surface area contributed by atoms with Crippen LogP contribution in [0.3, 0.4) is 0 Å². The SMILES string of the molecule is CC(C)C(=O)Nc1cc(C(=O)N[C@H]2CN(c3ncc(C(F)(F)F)cc3Cl)CC23CC3)ccn1. The van der Waals surface area contributed by atoms with Gasteiger partial charge < -0.3 is 15.5 Å². The van der Waals surface area contributed by atoms with Gasteiger partial charge in [-0.25, -0.2) is 9.97 Å². The Balaban J connectivity index is 1.47. The maximum Gasteiger partial charge on any atom is 0.417 e. The van der Waals surface area contributed by atoms with Gasteiger partial charge in [0.2, 0.25) is 5.91 Å². The molecule has 3 heterocycles. The lowest BCUT2D eigenvalue weighted by atomic mass is 10.0. The van der Waals surface area contributed by atoms with Gasteiger partial charge in [0.25, 0.3) is 5.91 Å². The van der Waals surface area contributed by atoms with Crippen molar-refractivity contribution in [3.63, 3.8) is 0 Å². The van der Waals surface area contributed by atoms with Crippen LogP contribution in [0.2, 0.25) is 5.02 Å². The number of carbonyl (C=O) groups excluding carboxylic acids is 2. The Kier molecular flexibility index (Phi) is 5.98. The van der Waals surface area contributed by atoms with E-state index in [2.05, 4.69) is 20.6 Å². The van der Waals surface area contributed by atoms with Gasteiger partial charge in [-0.05, 0) is 31.0 Å². The molecule has 2 aromatic rings. The number of alkyl halides is 3. The van der Waals surface area contributed by atoms with E-state index in [-0.39, 0.29) is 45.8 Å². The Morgan fingerprint density at radius 1 is 1.24 bits per heavy atom. The third-order valence-corrected chi connectivity index (χ3v) is 6.37. The Hall–Kier alpha value is -2.88. The first kappa shape index (κ1) is 23.3. The van der Waals surface area contributed by atoms with E-state index in [0.717, 1.165) is 25.1 Å². The van der Waals surface area contributed by atoms with Crippen LogP contribution >= 0.6 is 11.6 Å². The highest BCUT2D eigenvalue weighted by molar-refractivity contribution is 6.33. The monoisotopic (exact) mass is 481 g/mol. The van der Waals surface area contributed by atoms with E-state index in [4.69, 9.17) is 11.6 Å². The van der Waals surface area contributed by atoms with Crippen molar-refractivity contribution in [1.29, 1.82) is 0 Å². The summed E-state index contributed by atoms with van der Waals surface area (Å²) in [6.45, 7) is 4.43. The van der Waals surface area contributed by atoms with Crippen molar-refractivity contribution in [1.82, 2.24) is 15.3 Å². The lowest BCUT2D eigenvalue weighted by Crippen LogP contribution is -2.41. The number of amides is 2. The molecule has 0 aromatic carbocycles. The molecule has 1 aliphatic carbocycles. The fourth-order valence-corrected chi connectivity index (χ4v) is 4.25. The normalized spacial score (nSPS) is 19.1. The topological polar surface area (TPSA) is 87.2 Å². The number of anilines is 2. The molecule has 2 aliphatic rings. The van der Waals surface area contributed by atoms with Gasteiger partial charge in [-0.1, -0.05) is 25.4 Å². The molecule has 2 amide bonds. The van der Waals surface area contributed by atoms with E-state index in [0.29, 0.717) is 18.7 Å². The van der Waals surface area contributed by atoms with Crippen LogP contribution in [-0.4, -0.2) is 40.9 Å². The molecule has 33 heavy (non-hydrogen) atoms. The first-order valence-electron chi connectivity index (χ1n) is 10.5. The second-order valence-electron chi connectivity index (χ2n) is 8.87. The van der Waals surface area contributed by atoms with Crippen LogP contribution in [0, 0.1) is 11.3 Å². The molecule has 176 valence electrons. The molecule has 7 nitrogen and oxygen atoms in total. The van der Waals surface area contributed by atoms with E-state index < -0.39 is 11.7 Å². The van der Waals surface area contributed by atoms with Crippen LogP contribution in [0.25, 0.3) is 0 Å². The summed E-state index contributed by atoms with van der Waals surface area (Å²) in [7, 11) is 0. The van der Waals surface area contributed by atoms with Crippen molar-refractivity contribution in [2.75, 3.05) is 23.3 Å². The fraction of sp³-hybridized carbons (Fsp3) is 0.455. The molecule has 11 heteroatoms. The number of halogens is 4. The average molecular weight is 482 g/mol. The van der Waals surface area contributed by atoms with Crippen molar-refractivity contribution in [3.8, 4) is 0 Å². The van der Waals surface area contributed by atoms with Crippen LogP contribution in [-0.2, 0) is 11.0 Å². The summed E-state index contributed by atoms with van der Waals surface area (Å²) >= 11 is 6.13. The van der Waals surface area contributed by atoms with Crippen LogP contribution in [0.4, 0.5) is 24.8 Å². The third-order valence-electron chi connectivity index (χ3n) is 6.09. The van der Waals surface area contributed by atoms with Crippen LogP contribution in [0.15, 0.2) is 30.6 Å². The van der Waals surface area contributed by atoms with E-state index in [9.17, 15) is 22.8 Å². The molecular formula is C22H23ClF3N5O2. The molecule has 2 N–H and O–H groups in total. The molecule has 2 fully saturated rings. The second kappa shape index (κ2) is 8.48. The maximum atomic E-state index is 12.9. The van der Waals surface area contributed by atoms with Crippen molar-refractivity contribution in [2.45, 2.75) is 38.9 Å². The number of pyridine rings is 2. The first-order valence-corrected chi connectivity index (χ1v) is 10.9. The summed E-state index contributed by atoms with van der Waals surface area (Å²) in [6, 6.07) is 3.73. The first-order chi connectivity index (χ1) is 15.5. The Labute approximate surface area is 193 Å². The predicted octanol–water partition coefficient (Wildman–Crippen LogP) is 4.14. The van der Waals surface area contributed by atoms with Gasteiger partial charge in [0.15, 0.2) is 0 Å². The van der Waals surface area contributed by atoms with Gasteiger partial charge in [-0.3, -0.25) is 9.59 Å². The number of nitrogens with one attached hydrogen (secondary N) is 2. The van der Waals surface area contributed by atoms with Gasteiger partial charge >= 0.3 is 6.18 Å². The Bertz CT molecular complexity index is 1090. The van der Waals surface area contributed by atoms with E-state index in [1.165, 1.54) is 12.3 Å². The van der Waals surface area contributed by atoms with E-state index in [1.54, 1.807) is 19.9 Å². The quantitative estimate of drug-likeness (QED) is 0.670. The summed E-state index contributed by atoms with van der Waals surface area (Å²) in [5.74, 6) is -0.188. The number of carbonyl (C=O) groups is 2. The minimum absolute atomic E-state index is 0.0766. The molecule has 1 atom stereocenters. The highest BCUT2D eigenvalue weighted by atomic mass is 35.5. The summed E-state index contributed by atoms with van der Waals surface area (Å²) in [5, 5.41) is 5.62. The molecule has 1 spiro atoms. The highest BCUT2D eigenvalue weighted by Crippen LogP contribution is 2.54. The van der Waals surface area contributed by atoms with Gasteiger partial charge in [0.1, 0.15) is 11.6 Å². The number of rotatable bonds is 5. The molecule has 1 aliphatic heterocycles. The van der Waals surface area contributed by atoms with Crippen molar-refractivity contribution < 1.29 is 22.8 Å². The summed E-state index contributed by atoms with van der Waals surface area (Å²) in [6.07, 6.45) is -0.523. The van der Waals surface area contributed by atoms with E-state index in [1.807, 2.05) is 4.90 Å². The zero-order chi connectivity index (χ0) is 24.0. The molecule has 0 radical (unpaired) electrons.